The molecule has 0 fully saturated rings. The number of rotatable bonds is 7. The van der Waals surface area contributed by atoms with Gasteiger partial charge in [0.15, 0.2) is 0 Å². The molecule has 0 aliphatic carbocycles. The van der Waals surface area contributed by atoms with Crippen molar-refractivity contribution < 1.29 is 9.94 Å². The number of nitriles is 1. The first-order valence-corrected chi connectivity index (χ1v) is 6.13. The van der Waals surface area contributed by atoms with Crippen molar-refractivity contribution in [2.75, 3.05) is 6.61 Å². The molecule has 0 spiro atoms. The summed E-state index contributed by atoms with van der Waals surface area (Å²) < 4.78 is 5.54. The minimum atomic E-state index is 0.578. The Morgan fingerprint density at radius 1 is 1.33 bits per heavy atom. The van der Waals surface area contributed by atoms with Crippen LogP contribution >= 0.6 is 0 Å². The van der Waals surface area contributed by atoms with Crippen molar-refractivity contribution in [3.8, 4) is 11.8 Å². The molecule has 0 atom stereocenters. The molecule has 0 aliphatic rings. The van der Waals surface area contributed by atoms with E-state index in [9.17, 15) is 0 Å². The van der Waals surface area contributed by atoms with E-state index < -0.39 is 0 Å². The number of ether oxygens (including phenoxy) is 1. The molecule has 1 aromatic carbocycles. The summed E-state index contributed by atoms with van der Waals surface area (Å²) in [5.74, 6) is 0.795. The summed E-state index contributed by atoms with van der Waals surface area (Å²) >= 11 is 0. The monoisotopic (exact) mass is 246 g/mol. The van der Waals surface area contributed by atoms with Crippen LogP contribution in [0.15, 0.2) is 29.4 Å². The van der Waals surface area contributed by atoms with Gasteiger partial charge in [0.1, 0.15) is 5.75 Å². The predicted octanol–water partition coefficient (Wildman–Crippen LogP) is 3.35. The Morgan fingerprint density at radius 3 is 2.61 bits per heavy atom. The fourth-order valence-corrected chi connectivity index (χ4v) is 1.57. The van der Waals surface area contributed by atoms with E-state index in [1.54, 1.807) is 0 Å². The molecule has 1 aromatic rings. The minimum Gasteiger partial charge on any atom is -0.494 e. The Hall–Kier alpha value is -2.02. The molecule has 1 N–H and O–H groups in total. The van der Waals surface area contributed by atoms with Crippen molar-refractivity contribution >= 4 is 5.71 Å². The van der Waals surface area contributed by atoms with Crippen molar-refractivity contribution in [3.63, 3.8) is 0 Å². The Morgan fingerprint density at radius 2 is 2.06 bits per heavy atom. The number of oxime groups is 1. The molecule has 0 aromatic heterocycles. The Labute approximate surface area is 108 Å². The highest BCUT2D eigenvalue weighted by molar-refractivity contribution is 6.00. The average molecular weight is 246 g/mol. The molecule has 0 amide bonds. The van der Waals surface area contributed by atoms with E-state index in [-0.39, 0.29) is 0 Å². The van der Waals surface area contributed by atoms with Crippen LogP contribution in [0.25, 0.3) is 0 Å². The Balaban J connectivity index is 2.43. The zero-order valence-corrected chi connectivity index (χ0v) is 10.6. The Kier molecular flexibility index (Phi) is 6.34. The van der Waals surface area contributed by atoms with Crippen molar-refractivity contribution in [2.45, 2.75) is 32.6 Å². The topological polar surface area (TPSA) is 65.6 Å². The first kappa shape index (κ1) is 14.0. The smallest absolute Gasteiger partial charge is 0.119 e. The van der Waals surface area contributed by atoms with Crippen LogP contribution in [-0.2, 0) is 0 Å². The van der Waals surface area contributed by atoms with Gasteiger partial charge < -0.3 is 9.94 Å². The van der Waals surface area contributed by atoms with Crippen molar-refractivity contribution in [2.24, 2.45) is 5.16 Å². The fourth-order valence-electron chi connectivity index (χ4n) is 1.57. The van der Waals surface area contributed by atoms with Crippen molar-refractivity contribution in [1.29, 1.82) is 5.26 Å². The second-order valence-corrected chi connectivity index (χ2v) is 3.89. The SMILES string of the molecule is CC/C(=N/O)c1ccc(OCCCCC#N)cc1. The quantitative estimate of drug-likeness (QED) is 0.347. The fraction of sp³-hybridized carbons (Fsp3) is 0.429. The number of nitrogens with zero attached hydrogens (tertiary/aromatic N) is 2. The lowest BCUT2D eigenvalue weighted by Gasteiger charge is -2.06. The molecular weight excluding hydrogens is 228 g/mol. The van der Waals surface area contributed by atoms with Crippen LogP contribution in [0.1, 0.15) is 38.2 Å². The molecule has 4 nitrogen and oxygen atoms in total. The van der Waals surface area contributed by atoms with Crippen LogP contribution in [0.3, 0.4) is 0 Å². The number of hydrogen-bond acceptors (Lipinski definition) is 4. The lowest BCUT2D eigenvalue weighted by Crippen LogP contribution is -2.00. The van der Waals surface area contributed by atoms with E-state index >= 15 is 0 Å². The van der Waals surface area contributed by atoms with Gasteiger partial charge in [-0.15, -0.1) is 0 Å². The van der Waals surface area contributed by atoms with Gasteiger partial charge in [-0.3, -0.25) is 0 Å². The molecule has 4 heteroatoms. The molecule has 0 saturated heterocycles. The van der Waals surface area contributed by atoms with Gasteiger partial charge in [0.25, 0.3) is 0 Å². The van der Waals surface area contributed by atoms with E-state index in [1.807, 2.05) is 31.2 Å². The van der Waals surface area contributed by atoms with Gasteiger partial charge in [-0.2, -0.15) is 5.26 Å². The summed E-state index contributed by atoms with van der Waals surface area (Å²) in [4.78, 5) is 0. The molecule has 0 unspecified atom stereocenters. The maximum atomic E-state index is 8.80. The van der Waals surface area contributed by atoms with Gasteiger partial charge in [-0.05, 0) is 49.1 Å². The molecule has 0 aliphatic heterocycles. The van der Waals surface area contributed by atoms with E-state index in [2.05, 4.69) is 11.2 Å². The minimum absolute atomic E-state index is 0.578. The first-order chi connectivity index (χ1) is 8.81. The van der Waals surface area contributed by atoms with Crippen LogP contribution in [0.4, 0.5) is 0 Å². The maximum absolute atomic E-state index is 8.80. The average Bonchev–Trinajstić information content (AvgIpc) is 2.41. The second-order valence-electron chi connectivity index (χ2n) is 3.89. The third-order valence-electron chi connectivity index (χ3n) is 2.59. The van der Waals surface area contributed by atoms with Crippen LogP contribution in [0, 0.1) is 11.3 Å². The normalized spacial score (nSPS) is 11.0. The van der Waals surface area contributed by atoms with E-state index in [4.69, 9.17) is 15.2 Å². The predicted molar refractivity (Wildman–Crippen MR) is 70.0 cm³/mol. The molecule has 1 rings (SSSR count). The largest absolute Gasteiger partial charge is 0.494 e. The summed E-state index contributed by atoms with van der Waals surface area (Å²) in [6.07, 6.45) is 3.01. The molecule has 0 radical (unpaired) electrons. The highest BCUT2D eigenvalue weighted by Gasteiger charge is 2.02. The first-order valence-electron chi connectivity index (χ1n) is 6.13. The third kappa shape index (κ3) is 4.46. The van der Waals surface area contributed by atoms with Crippen LogP contribution in [-0.4, -0.2) is 17.5 Å². The Bertz CT molecular complexity index is 418. The molecule has 0 heterocycles. The van der Waals surface area contributed by atoms with Gasteiger partial charge in [0.2, 0.25) is 0 Å². The van der Waals surface area contributed by atoms with Gasteiger partial charge in [-0.1, -0.05) is 12.1 Å². The molecular formula is C14H18N2O2. The van der Waals surface area contributed by atoms with Crippen molar-refractivity contribution in [1.82, 2.24) is 0 Å². The third-order valence-corrected chi connectivity index (χ3v) is 2.59. The molecule has 0 saturated carbocycles. The van der Waals surface area contributed by atoms with Crippen LogP contribution in [0.5, 0.6) is 5.75 Å². The lowest BCUT2D eigenvalue weighted by molar-refractivity contribution is 0.307. The van der Waals surface area contributed by atoms with E-state index in [0.717, 1.165) is 24.2 Å². The number of unbranched alkanes of at least 4 members (excludes halogenated alkanes) is 2. The number of hydrogen-bond donors (Lipinski definition) is 1. The van der Waals surface area contributed by atoms with E-state index in [0.29, 0.717) is 25.2 Å². The molecule has 96 valence electrons. The second kappa shape index (κ2) is 8.13. The van der Waals surface area contributed by atoms with E-state index in [1.165, 1.54) is 0 Å². The van der Waals surface area contributed by atoms with Gasteiger partial charge in [0.05, 0.1) is 18.4 Å². The molecule has 18 heavy (non-hydrogen) atoms. The zero-order valence-electron chi connectivity index (χ0n) is 10.6. The van der Waals surface area contributed by atoms with Crippen LogP contribution in [0.2, 0.25) is 0 Å². The summed E-state index contributed by atoms with van der Waals surface area (Å²) in [7, 11) is 0. The standard InChI is InChI=1S/C14H18N2O2/c1-2-14(16-17)12-6-8-13(9-7-12)18-11-5-3-4-10-15/h6-9,17H,2-5,11H2,1H3/b16-14-. The summed E-state index contributed by atoms with van der Waals surface area (Å²) in [5, 5.41) is 20.4. The lowest BCUT2D eigenvalue weighted by atomic mass is 10.1. The van der Waals surface area contributed by atoms with Gasteiger partial charge in [0, 0.05) is 6.42 Å². The summed E-state index contributed by atoms with van der Waals surface area (Å²) in [5.41, 5.74) is 1.56. The maximum Gasteiger partial charge on any atom is 0.119 e. The van der Waals surface area contributed by atoms with Crippen LogP contribution < -0.4 is 4.74 Å². The van der Waals surface area contributed by atoms with Gasteiger partial charge >= 0.3 is 0 Å². The number of benzene rings is 1. The molecule has 0 bridgehead atoms. The van der Waals surface area contributed by atoms with Crippen molar-refractivity contribution in [3.05, 3.63) is 29.8 Å². The summed E-state index contributed by atoms with van der Waals surface area (Å²) in [6, 6.07) is 9.59. The highest BCUT2D eigenvalue weighted by atomic mass is 16.5. The van der Waals surface area contributed by atoms with Gasteiger partial charge in [-0.25, -0.2) is 0 Å². The summed E-state index contributed by atoms with van der Waals surface area (Å²) in [6.45, 7) is 2.56. The zero-order chi connectivity index (χ0) is 13.2. The highest BCUT2D eigenvalue weighted by Crippen LogP contribution is 2.14.